The van der Waals surface area contributed by atoms with Crippen LogP contribution in [0.5, 0.6) is 0 Å². The highest BCUT2D eigenvalue weighted by Gasteiger charge is 2.20. The highest BCUT2D eigenvalue weighted by atomic mass is 16.5. The smallest absolute Gasteiger partial charge is 0.305 e. The Hall–Kier alpha value is -1.40. The highest BCUT2D eigenvalue weighted by molar-refractivity contribution is 5.76. The fraction of sp³-hybridized carbons (Fsp3) is 0.953. The van der Waals surface area contributed by atoms with Gasteiger partial charge in [-0.1, -0.05) is 443 Å². The van der Waals surface area contributed by atoms with E-state index in [1.807, 2.05) is 0 Å². The van der Waals surface area contributed by atoms with Crippen molar-refractivity contribution in [3.63, 3.8) is 0 Å². The Kier molecular flexibility index (Phi) is 79.8. The normalized spacial score (nSPS) is 12.4. The van der Waals surface area contributed by atoms with Crippen molar-refractivity contribution >= 4 is 11.9 Å². The lowest BCUT2D eigenvalue weighted by Gasteiger charge is -2.22. The van der Waals surface area contributed by atoms with Gasteiger partial charge < -0.3 is 20.3 Å². The number of aliphatic hydroxyl groups is 2. The number of hydrogen-bond acceptors (Lipinski definition) is 5. The van der Waals surface area contributed by atoms with Gasteiger partial charge in [-0.2, -0.15) is 0 Å². The SMILES string of the molecule is CCCCCCCCCCCCCCCCCCCCCC(=O)OCCCCCCCCCCCCCCCCCC/C=C\CCCCCCCCCCCCCCCCCCCC(=O)NC(CO)C(O)CCCCCCCCCCCCCCCCCCCC. The number of aliphatic hydroxyl groups excluding tert-OH is 2. The molecule has 6 nitrogen and oxygen atoms in total. The van der Waals surface area contributed by atoms with Gasteiger partial charge in [-0.05, 0) is 51.4 Å². The molecule has 0 saturated carbocycles. The number of carbonyl (C=O) groups excluding carboxylic acids is 2. The number of nitrogens with one attached hydrogen (secondary N) is 1. The monoisotopic (exact) mass is 1280 g/mol. The molecule has 2 atom stereocenters. The minimum Gasteiger partial charge on any atom is -0.466 e. The van der Waals surface area contributed by atoms with E-state index >= 15 is 0 Å². The molecule has 0 aliphatic carbocycles. The van der Waals surface area contributed by atoms with E-state index in [0.29, 0.717) is 25.9 Å². The molecular formula is C85H167NO5. The molecule has 6 heteroatoms. The molecule has 0 aliphatic heterocycles. The van der Waals surface area contributed by atoms with Gasteiger partial charge in [-0.3, -0.25) is 9.59 Å². The number of hydrogen-bond donors (Lipinski definition) is 3. The largest absolute Gasteiger partial charge is 0.466 e. The molecule has 0 saturated heterocycles. The molecule has 0 rings (SSSR count). The van der Waals surface area contributed by atoms with Gasteiger partial charge >= 0.3 is 5.97 Å². The molecule has 91 heavy (non-hydrogen) atoms. The van der Waals surface area contributed by atoms with Gasteiger partial charge in [-0.25, -0.2) is 0 Å². The molecule has 0 aromatic carbocycles. The molecule has 0 heterocycles. The van der Waals surface area contributed by atoms with Crippen LogP contribution in [-0.2, 0) is 14.3 Å². The lowest BCUT2D eigenvalue weighted by Crippen LogP contribution is -2.45. The Balaban J connectivity index is 3.31. The van der Waals surface area contributed by atoms with Crippen molar-refractivity contribution in [3.05, 3.63) is 12.2 Å². The summed E-state index contributed by atoms with van der Waals surface area (Å²) in [5, 5.41) is 23.4. The van der Waals surface area contributed by atoms with Gasteiger partial charge in [0, 0.05) is 12.8 Å². The summed E-state index contributed by atoms with van der Waals surface area (Å²) in [7, 11) is 0. The van der Waals surface area contributed by atoms with Crippen LogP contribution in [0.2, 0.25) is 0 Å². The van der Waals surface area contributed by atoms with E-state index in [0.717, 1.165) is 38.5 Å². The predicted octanol–water partition coefficient (Wildman–Crippen LogP) is 28.2. The molecule has 2 unspecified atom stereocenters. The Labute approximate surface area is 571 Å². The Morgan fingerprint density at radius 2 is 0.516 bits per heavy atom. The van der Waals surface area contributed by atoms with Crippen LogP contribution in [-0.4, -0.2) is 47.4 Å². The third-order valence-corrected chi connectivity index (χ3v) is 20.3. The molecule has 0 fully saturated rings. The predicted molar refractivity (Wildman–Crippen MR) is 403 cm³/mol. The average Bonchev–Trinajstić information content (AvgIpc) is 3.65. The average molecular weight is 1280 g/mol. The van der Waals surface area contributed by atoms with E-state index in [9.17, 15) is 19.8 Å². The third-order valence-electron chi connectivity index (χ3n) is 20.3. The number of rotatable bonds is 81. The van der Waals surface area contributed by atoms with Gasteiger partial charge in [0.1, 0.15) is 0 Å². The summed E-state index contributed by atoms with van der Waals surface area (Å²) < 4.78 is 5.53. The summed E-state index contributed by atoms with van der Waals surface area (Å²) in [6, 6.07) is -0.538. The van der Waals surface area contributed by atoms with Crippen molar-refractivity contribution in [2.75, 3.05) is 13.2 Å². The summed E-state index contributed by atoms with van der Waals surface area (Å²) in [4.78, 5) is 24.7. The first kappa shape index (κ1) is 89.6. The number of amides is 1. The second-order valence-electron chi connectivity index (χ2n) is 29.5. The molecule has 0 aromatic heterocycles. The Morgan fingerprint density at radius 3 is 0.780 bits per heavy atom. The lowest BCUT2D eigenvalue weighted by molar-refractivity contribution is -0.143. The van der Waals surface area contributed by atoms with Crippen LogP contribution < -0.4 is 5.32 Å². The quantitative estimate of drug-likeness (QED) is 0.0320. The zero-order valence-corrected chi connectivity index (χ0v) is 62.4. The maximum absolute atomic E-state index is 12.6. The molecule has 0 spiro atoms. The van der Waals surface area contributed by atoms with E-state index in [1.165, 1.54) is 424 Å². The second kappa shape index (κ2) is 81.0. The van der Waals surface area contributed by atoms with Gasteiger partial charge in [0.25, 0.3) is 0 Å². The van der Waals surface area contributed by atoms with Crippen molar-refractivity contribution in [1.82, 2.24) is 5.32 Å². The summed E-state index contributed by atoms with van der Waals surface area (Å²) in [5.41, 5.74) is 0. The van der Waals surface area contributed by atoms with E-state index in [4.69, 9.17) is 4.74 Å². The van der Waals surface area contributed by atoms with Crippen LogP contribution in [0.25, 0.3) is 0 Å². The molecule has 0 aromatic rings. The fourth-order valence-electron chi connectivity index (χ4n) is 13.9. The molecule has 3 N–H and O–H groups in total. The van der Waals surface area contributed by atoms with Gasteiger partial charge in [0.05, 0.1) is 25.4 Å². The van der Waals surface area contributed by atoms with Crippen LogP contribution in [0, 0.1) is 0 Å². The van der Waals surface area contributed by atoms with E-state index < -0.39 is 12.1 Å². The zero-order chi connectivity index (χ0) is 65.6. The van der Waals surface area contributed by atoms with E-state index in [-0.39, 0.29) is 18.5 Å². The number of allylic oxidation sites excluding steroid dienone is 2. The molecule has 542 valence electrons. The highest BCUT2D eigenvalue weighted by Crippen LogP contribution is 2.21. The molecular weight excluding hydrogens is 1110 g/mol. The maximum atomic E-state index is 12.6. The minimum absolute atomic E-state index is 0.0258. The first-order valence-electron chi connectivity index (χ1n) is 42.4. The van der Waals surface area contributed by atoms with Crippen molar-refractivity contribution in [3.8, 4) is 0 Å². The molecule has 0 radical (unpaired) electrons. The number of unbranched alkanes of at least 4 members (excludes halogenated alkanes) is 68. The molecule has 0 aliphatic rings. The number of esters is 1. The van der Waals surface area contributed by atoms with Crippen LogP contribution >= 0.6 is 0 Å². The summed E-state index contributed by atoms with van der Waals surface area (Å²) in [6.07, 6.45) is 103. The topological polar surface area (TPSA) is 95.9 Å². The van der Waals surface area contributed by atoms with Crippen molar-refractivity contribution in [2.24, 2.45) is 0 Å². The first-order valence-corrected chi connectivity index (χ1v) is 42.4. The first-order chi connectivity index (χ1) is 45.0. The van der Waals surface area contributed by atoms with Crippen LogP contribution in [0.1, 0.15) is 495 Å². The zero-order valence-electron chi connectivity index (χ0n) is 62.4. The third kappa shape index (κ3) is 77.5. The fourth-order valence-corrected chi connectivity index (χ4v) is 13.9. The van der Waals surface area contributed by atoms with Crippen LogP contribution in [0.15, 0.2) is 12.2 Å². The summed E-state index contributed by atoms with van der Waals surface area (Å²) >= 11 is 0. The molecule has 1 amide bonds. The standard InChI is InChI=1S/C85H167NO5/c1-3-5-7-9-11-13-15-17-19-21-42-47-51-55-59-63-67-71-75-79-85(90)91-80-76-72-68-64-60-56-52-48-44-41-39-37-35-33-31-29-27-25-23-24-26-28-30-32-34-36-38-40-43-46-50-54-58-62-66-70-74-78-84(89)86-82(81-87)83(88)77-73-69-65-61-57-53-49-45-22-20-18-16-14-12-10-8-6-4-2/h23,25,82-83,87-88H,3-22,24,26-81H2,1-2H3,(H,86,89)/b25-23-. The summed E-state index contributed by atoms with van der Waals surface area (Å²) in [5.74, 6) is 0.00192. The number of ether oxygens (including phenoxy) is 1. The summed E-state index contributed by atoms with van der Waals surface area (Å²) in [6.45, 7) is 5.02. The van der Waals surface area contributed by atoms with Crippen molar-refractivity contribution < 1.29 is 24.5 Å². The maximum Gasteiger partial charge on any atom is 0.305 e. The molecule has 0 bridgehead atoms. The van der Waals surface area contributed by atoms with Gasteiger partial charge in [-0.15, -0.1) is 0 Å². The van der Waals surface area contributed by atoms with Crippen molar-refractivity contribution in [2.45, 2.75) is 508 Å². The van der Waals surface area contributed by atoms with E-state index in [1.54, 1.807) is 0 Å². The van der Waals surface area contributed by atoms with Crippen LogP contribution in [0.4, 0.5) is 0 Å². The van der Waals surface area contributed by atoms with Gasteiger partial charge in [0.15, 0.2) is 0 Å². The van der Waals surface area contributed by atoms with Crippen molar-refractivity contribution in [1.29, 1.82) is 0 Å². The Morgan fingerprint density at radius 1 is 0.297 bits per heavy atom. The van der Waals surface area contributed by atoms with Gasteiger partial charge in [0.2, 0.25) is 5.91 Å². The lowest BCUT2D eigenvalue weighted by atomic mass is 10.0. The second-order valence-corrected chi connectivity index (χ2v) is 29.5. The Bertz CT molecular complexity index is 1380. The van der Waals surface area contributed by atoms with Crippen LogP contribution in [0.3, 0.4) is 0 Å². The number of carbonyl (C=O) groups is 2. The minimum atomic E-state index is -0.661. The van der Waals surface area contributed by atoms with E-state index in [2.05, 4.69) is 31.3 Å².